The minimum Gasteiger partial charge on any atom is -0.367 e. The highest BCUT2D eigenvalue weighted by Gasteiger charge is 2.18. The Bertz CT molecular complexity index is 623. The Balaban J connectivity index is 1.77. The molecule has 0 aliphatic carbocycles. The second-order valence-electron chi connectivity index (χ2n) is 5.69. The van der Waals surface area contributed by atoms with Crippen molar-refractivity contribution in [2.75, 3.05) is 11.4 Å². The van der Waals surface area contributed by atoms with E-state index >= 15 is 0 Å². The van der Waals surface area contributed by atoms with E-state index in [-0.39, 0.29) is 6.04 Å². The molecule has 0 saturated carbocycles. The van der Waals surface area contributed by atoms with E-state index in [1.807, 2.05) is 11.3 Å². The second-order valence-corrected chi connectivity index (χ2v) is 7.10. The minimum absolute atomic E-state index is 0.191. The van der Waals surface area contributed by atoms with Gasteiger partial charge in [0.2, 0.25) is 0 Å². The normalized spacial score (nSPS) is 15.9. The maximum Gasteiger partial charge on any atom is 0.0459 e. The SMILES string of the molecule is CCC(N)Cc1ccc(N2CCc3sccc3C2)cc1Cl. The van der Waals surface area contributed by atoms with Crippen LogP contribution in [0.4, 0.5) is 5.69 Å². The third kappa shape index (κ3) is 3.25. The largest absolute Gasteiger partial charge is 0.367 e. The van der Waals surface area contributed by atoms with Gasteiger partial charge in [-0.05, 0) is 54.0 Å². The average molecular weight is 321 g/mol. The number of halogens is 1. The van der Waals surface area contributed by atoms with Crippen molar-refractivity contribution in [2.45, 2.75) is 38.8 Å². The predicted octanol–water partition coefficient (Wildman–Crippen LogP) is 4.24. The number of anilines is 1. The zero-order valence-corrected chi connectivity index (χ0v) is 13.9. The summed E-state index contributed by atoms with van der Waals surface area (Å²) in [7, 11) is 0. The number of hydrogen-bond acceptors (Lipinski definition) is 3. The number of thiophene rings is 1. The summed E-state index contributed by atoms with van der Waals surface area (Å²) in [6, 6.07) is 8.84. The lowest BCUT2D eigenvalue weighted by atomic mass is 10.0. The van der Waals surface area contributed by atoms with Gasteiger partial charge in [0.15, 0.2) is 0 Å². The van der Waals surface area contributed by atoms with E-state index in [0.29, 0.717) is 0 Å². The van der Waals surface area contributed by atoms with Crippen molar-refractivity contribution in [1.82, 2.24) is 0 Å². The van der Waals surface area contributed by atoms with E-state index in [0.717, 1.165) is 42.9 Å². The van der Waals surface area contributed by atoms with Crippen molar-refractivity contribution in [1.29, 1.82) is 0 Å². The van der Waals surface area contributed by atoms with Crippen LogP contribution in [0, 0.1) is 0 Å². The fourth-order valence-corrected chi connectivity index (χ4v) is 3.94. The topological polar surface area (TPSA) is 29.3 Å². The fourth-order valence-electron chi connectivity index (χ4n) is 2.79. The molecule has 2 nitrogen and oxygen atoms in total. The molecule has 1 aliphatic heterocycles. The first kappa shape index (κ1) is 14.9. The van der Waals surface area contributed by atoms with Crippen LogP contribution in [0.15, 0.2) is 29.6 Å². The van der Waals surface area contributed by atoms with Gasteiger partial charge >= 0.3 is 0 Å². The molecule has 1 aromatic carbocycles. The quantitative estimate of drug-likeness (QED) is 0.912. The van der Waals surface area contributed by atoms with Crippen LogP contribution >= 0.6 is 22.9 Å². The first-order valence-corrected chi connectivity index (χ1v) is 8.77. The van der Waals surface area contributed by atoms with Gasteiger partial charge in [-0.1, -0.05) is 24.6 Å². The van der Waals surface area contributed by atoms with E-state index in [9.17, 15) is 0 Å². The maximum absolute atomic E-state index is 6.45. The minimum atomic E-state index is 0.191. The Hall–Kier alpha value is -1.03. The fraction of sp³-hybridized carbons (Fsp3) is 0.412. The summed E-state index contributed by atoms with van der Waals surface area (Å²) in [6.07, 6.45) is 2.96. The van der Waals surface area contributed by atoms with E-state index in [4.69, 9.17) is 17.3 Å². The van der Waals surface area contributed by atoms with Crippen molar-refractivity contribution in [2.24, 2.45) is 5.73 Å². The summed E-state index contributed by atoms with van der Waals surface area (Å²) < 4.78 is 0. The molecule has 2 aromatic rings. The molecule has 1 aromatic heterocycles. The van der Waals surface area contributed by atoms with Gasteiger partial charge in [0.1, 0.15) is 0 Å². The lowest BCUT2D eigenvalue weighted by Crippen LogP contribution is -2.29. The summed E-state index contributed by atoms with van der Waals surface area (Å²) in [4.78, 5) is 3.94. The third-order valence-corrected chi connectivity index (χ3v) is 5.59. The van der Waals surface area contributed by atoms with Crippen LogP contribution in [-0.2, 0) is 19.4 Å². The number of nitrogens with zero attached hydrogens (tertiary/aromatic N) is 1. The molecule has 0 fully saturated rings. The third-order valence-electron chi connectivity index (χ3n) is 4.22. The lowest BCUT2D eigenvalue weighted by molar-refractivity contribution is 0.646. The molecule has 0 bridgehead atoms. The van der Waals surface area contributed by atoms with Gasteiger partial charge in [-0.3, -0.25) is 0 Å². The summed E-state index contributed by atoms with van der Waals surface area (Å²) in [5.74, 6) is 0. The molecule has 21 heavy (non-hydrogen) atoms. The van der Waals surface area contributed by atoms with Crippen LogP contribution in [0.5, 0.6) is 0 Å². The van der Waals surface area contributed by atoms with Crippen molar-refractivity contribution in [3.63, 3.8) is 0 Å². The summed E-state index contributed by atoms with van der Waals surface area (Å²) >= 11 is 8.32. The summed E-state index contributed by atoms with van der Waals surface area (Å²) in [5, 5.41) is 3.03. The van der Waals surface area contributed by atoms with Gasteiger partial charge in [0.05, 0.1) is 0 Å². The Morgan fingerprint density at radius 2 is 2.24 bits per heavy atom. The first-order chi connectivity index (χ1) is 10.2. The predicted molar refractivity (Wildman–Crippen MR) is 92.5 cm³/mol. The summed E-state index contributed by atoms with van der Waals surface area (Å²) in [6.45, 7) is 4.17. The molecule has 112 valence electrons. The second kappa shape index (κ2) is 6.39. The highest BCUT2D eigenvalue weighted by Crippen LogP contribution is 2.30. The number of hydrogen-bond donors (Lipinski definition) is 1. The maximum atomic E-state index is 6.45. The number of rotatable bonds is 4. The smallest absolute Gasteiger partial charge is 0.0459 e. The zero-order valence-electron chi connectivity index (χ0n) is 12.3. The van der Waals surface area contributed by atoms with Gasteiger partial charge < -0.3 is 10.6 Å². The Labute approximate surface area is 135 Å². The van der Waals surface area contributed by atoms with E-state index in [1.54, 1.807) is 0 Å². The number of fused-ring (bicyclic) bond motifs is 1. The molecular formula is C17H21ClN2S. The van der Waals surface area contributed by atoms with Crippen LogP contribution in [0.3, 0.4) is 0 Å². The van der Waals surface area contributed by atoms with E-state index < -0.39 is 0 Å². The van der Waals surface area contributed by atoms with Crippen molar-refractivity contribution in [3.8, 4) is 0 Å². The standard InChI is InChI=1S/C17H21ClN2S/c1-2-14(19)9-12-3-4-15(10-16(12)18)20-7-5-17-13(11-20)6-8-21-17/h3-4,6,8,10,14H,2,5,7,9,11,19H2,1H3. The molecule has 0 saturated heterocycles. The van der Waals surface area contributed by atoms with Gasteiger partial charge in [-0.15, -0.1) is 11.3 Å². The lowest BCUT2D eigenvalue weighted by Gasteiger charge is -2.29. The molecule has 2 heterocycles. The van der Waals surface area contributed by atoms with Crippen molar-refractivity contribution in [3.05, 3.63) is 50.7 Å². The molecule has 1 aliphatic rings. The van der Waals surface area contributed by atoms with Gasteiger partial charge in [0.25, 0.3) is 0 Å². The summed E-state index contributed by atoms with van der Waals surface area (Å²) in [5.41, 5.74) is 9.86. The molecule has 0 amide bonds. The van der Waals surface area contributed by atoms with Crippen LogP contribution in [0.25, 0.3) is 0 Å². The molecule has 0 radical (unpaired) electrons. The van der Waals surface area contributed by atoms with Gasteiger partial charge in [-0.2, -0.15) is 0 Å². The molecule has 1 unspecified atom stereocenters. The van der Waals surface area contributed by atoms with Crippen LogP contribution in [0.2, 0.25) is 5.02 Å². The van der Waals surface area contributed by atoms with Crippen molar-refractivity contribution < 1.29 is 0 Å². The Morgan fingerprint density at radius 1 is 1.38 bits per heavy atom. The molecule has 1 atom stereocenters. The Morgan fingerprint density at radius 3 is 3.00 bits per heavy atom. The molecular weight excluding hydrogens is 300 g/mol. The van der Waals surface area contributed by atoms with Crippen LogP contribution in [-0.4, -0.2) is 12.6 Å². The van der Waals surface area contributed by atoms with E-state index in [2.05, 4.69) is 41.5 Å². The number of nitrogens with two attached hydrogens (primary N) is 1. The van der Waals surface area contributed by atoms with Crippen LogP contribution in [0.1, 0.15) is 29.3 Å². The first-order valence-electron chi connectivity index (χ1n) is 7.51. The average Bonchev–Trinajstić information content (AvgIpc) is 2.96. The molecule has 2 N–H and O–H groups in total. The molecule has 0 spiro atoms. The zero-order chi connectivity index (χ0) is 14.8. The molecule has 4 heteroatoms. The Kier molecular flexibility index (Phi) is 4.53. The van der Waals surface area contributed by atoms with Gasteiger partial charge in [-0.25, -0.2) is 0 Å². The number of benzene rings is 1. The highest BCUT2D eigenvalue weighted by molar-refractivity contribution is 7.10. The van der Waals surface area contributed by atoms with Crippen molar-refractivity contribution >= 4 is 28.6 Å². The van der Waals surface area contributed by atoms with Crippen LogP contribution < -0.4 is 10.6 Å². The highest BCUT2D eigenvalue weighted by atomic mass is 35.5. The van der Waals surface area contributed by atoms with E-state index in [1.165, 1.54) is 16.1 Å². The van der Waals surface area contributed by atoms with Gasteiger partial charge in [0, 0.05) is 34.7 Å². The molecule has 3 rings (SSSR count). The monoisotopic (exact) mass is 320 g/mol.